The summed E-state index contributed by atoms with van der Waals surface area (Å²) in [7, 11) is 0. The van der Waals surface area contributed by atoms with Crippen LogP contribution in [0.2, 0.25) is 5.15 Å². The van der Waals surface area contributed by atoms with Crippen molar-refractivity contribution in [2.75, 3.05) is 4.90 Å². The Morgan fingerprint density at radius 3 is 2.61 bits per heavy atom. The first-order valence-corrected chi connectivity index (χ1v) is 7.04. The number of anilines is 1. The quantitative estimate of drug-likeness (QED) is 0.835. The monoisotopic (exact) mass is 267 g/mol. The third-order valence-corrected chi connectivity index (χ3v) is 4.50. The third kappa shape index (κ3) is 1.88. The van der Waals surface area contributed by atoms with Gasteiger partial charge in [-0.05, 0) is 32.1 Å². The van der Waals surface area contributed by atoms with Crippen LogP contribution in [-0.2, 0) is 6.42 Å². The Balaban J connectivity index is 1.99. The fraction of sp³-hybridized carbons (Fsp3) is 0.692. The average molecular weight is 268 g/mol. The topological polar surface area (TPSA) is 49.2 Å². The number of aliphatic hydroxyl groups is 1. The van der Waals surface area contributed by atoms with Crippen molar-refractivity contribution < 1.29 is 5.11 Å². The molecule has 1 aromatic rings. The van der Waals surface area contributed by atoms with Crippen LogP contribution in [0.15, 0.2) is 6.33 Å². The number of fused-ring (bicyclic) bond motifs is 2. The minimum Gasteiger partial charge on any atom is -0.393 e. The Labute approximate surface area is 112 Å². The summed E-state index contributed by atoms with van der Waals surface area (Å²) in [4.78, 5) is 10.9. The summed E-state index contributed by atoms with van der Waals surface area (Å²) >= 11 is 6.17. The Hall–Kier alpha value is -0.870. The van der Waals surface area contributed by atoms with Crippen molar-refractivity contribution in [3.8, 4) is 0 Å². The summed E-state index contributed by atoms with van der Waals surface area (Å²) in [6.07, 6.45) is 6.22. The van der Waals surface area contributed by atoms with Crippen LogP contribution in [0.4, 0.5) is 5.82 Å². The van der Waals surface area contributed by atoms with Gasteiger partial charge in [-0.25, -0.2) is 9.97 Å². The molecule has 5 heteroatoms. The number of nitrogens with zero attached hydrogens (tertiary/aromatic N) is 3. The van der Waals surface area contributed by atoms with Crippen molar-refractivity contribution in [2.45, 2.75) is 57.2 Å². The lowest BCUT2D eigenvalue weighted by atomic mass is 9.99. The maximum Gasteiger partial charge on any atom is 0.137 e. The van der Waals surface area contributed by atoms with Gasteiger partial charge in [-0.1, -0.05) is 18.5 Å². The van der Waals surface area contributed by atoms with E-state index in [4.69, 9.17) is 11.6 Å². The standard InChI is InChI=1S/C13H18ClN3O/c1-2-11-12(14)15-7-16-13(11)17-8-3-4-9(17)6-10(18)5-8/h7-10,18H,2-6H2,1H3. The first-order valence-electron chi connectivity index (χ1n) is 6.66. The van der Waals surface area contributed by atoms with E-state index in [-0.39, 0.29) is 6.10 Å². The predicted molar refractivity (Wildman–Crippen MR) is 70.9 cm³/mol. The highest BCUT2D eigenvalue weighted by molar-refractivity contribution is 6.30. The molecule has 3 heterocycles. The molecule has 2 aliphatic heterocycles. The zero-order valence-electron chi connectivity index (χ0n) is 10.5. The van der Waals surface area contributed by atoms with Crippen molar-refractivity contribution in [1.29, 1.82) is 0 Å². The van der Waals surface area contributed by atoms with Crippen LogP contribution in [0.3, 0.4) is 0 Å². The van der Waals surface area contributed by atoms with E-state index in [2.05, 4.69) is 21.8 Å². The minimum atomic E-state index is -0.152. The maximum absolute atomic E-state index is 9.85. The van der Waals surface area contributed by atoms with E-state index in [9.17, 15) is 5.11 Å². The highest BCUT2D eigenvalue weighted by Crippen LogP contribution is 2.40. The summed E-state index contributed by atoms with van der Waals surface area (Å²) in [6, 6.07) is 0.824. The second kappa shape index (κ2) is 4.67. The van der Waals surface area contributed by atoms with Crippen LogP contribution in [0.25, 0.3) is 0 Å². The van der Waals surface area contributed by atoms with E-state index in [1.54, 1.807) is 6.33 Å². The van der Waals surface area contributed by atoms with Gasteiger partial charge in [0.05, 0.1) is 6.10 Å². The van der Waals surface area contributed by atoms with Gasteiger partial charge in [-0.3, -0.25) is 0 Å². The van der Waals surface area contributed by atoms with Crippen LogP contribution >= 0.6 is 11.6 Å². The second-order valence-corrected chi connectivity index (χ2v) is 5.60. The Morgan fingerprint density at radius 2 is 2.00 bits per heavy atom. The number of hydrogen-bond acceptors (Lipinski definition) is 4. The predicted octanol–water partition coefficient (Wildman–Crippen LogP) is 2.18. The summed E-state index contributed by atoms with van der Waals surface area (Å²) in [6.45, 7) is 2.08. The molecule has 3 rings (SSSR count). The number of aromatic nitrogens is 2. The molecule has 0 saturated carbocycles. The molecule has 0 aromatic carbocycles. The second-order valence-electron chi connectivity index (χ2n) is 5.24. The van der Waals surface area contributed by atoms with Gasteiger partial charge >= 0.3 is 0 Å². The van der Waals surface area contributed by atoms with E-state index in [1.165, 1.54) is 0 Å². The zero-order valence-corrected chi connectivity index (χ0v) is 11.3. The number of piperidine rings is 1. The molecular formula is C13H18ClN3O. The minimum absolute atomic E-state index is 0.152. The average Bonchev–Trinajstić information content (AvgIpc) is 2.61. The number of aliphatic hydroxyl groups excluding tert-OH is 1. The summed E-state index contributed by atoms with van der Waals surface area (Å²) in [5.41, 5.74) is 1.03. The molecular weight excluding hydrogens is 250 g/mol. The molecule has 0 amide bonds. The first-order chi connectivity index (χ1) is 8.70. The van der Waals surface area contributed by atoms with Crippen LogP contribution in [0.1, 0.15) is 38.2 Å². The molecule has 2 atom stereocenters. The van der Waals surface area contributed by atoms with Gasteiger partial charge in [-0.2, -0.15) is 0 Å². The first kappa shape index (κ1) is 12.2. The highest BCUT2D eigenvalue weighted by atomic mass is 35.5. The summed E-state index contributed by atoms with van der Waals surface area (Å²) in [5.74, 6) is 0.983. The van der Waals surface area contributed by atoms with Crippen LogP contribution in [0.5, 0.6) is 0 Å². The lowest BCUT2D eigenvalue weighted by Gasteiger charge is -2.39. The Kier molecular flexibility index (Phi) is 3.16. The smallest absolute Gasteiger partial charge is 0.137 e. The molecule has 98 valence electrons. The van der Waals surface area contributed by atoms with E-state index >= 15 is 0 Å². The molecule has 0 radical (unpaired) electrons. The molecule has 4 nitrogen and oxygen atoms in total. The molecule has 18 heavy (non-hydrogen) atoms. The van der Waals surface area contributed by atoms with Gasteiger partial charge in [0.15, 0.2) is 0 Å². The lowest BCUT2D eigenvalue weighted by Crippen LogP contribution is -2.45. The molecule has 2 unspecified atom stereocenters. The Bertz CT molecular complexity index is 440. The van der Waals surface area contributed by atoms with Crippen LogP contribution < -0.4 is 4.90 Å². The fourth-order valence-electron chi connectivity index (χ4n) is 3.40. The molecule has 2 aliphatic rings. The third-order valence-electron chi connectivity index (χ3n) is 4.18. The fourth-order valence-corrected chi connectivity index (χ4v) is 3.66. The van der Waals surface area contributed by atoms with E-state index in [1.807, 2.05) is 0 Å². The SMILES string of the molecule is CCc1c(Cl)ncnc1N1C2CCC1CC(O)C2. The zero-order chi connectivity index (χ0) is 12.7. The van der Waals surface area contributed by atoms with E-state index in [0.717, 1.165) is 43.5 Å². The maximum atomic E-state index is 9.85. The highest BCUT2D eigenvalue weighted by Gasteiger charge is 2.41. The van der Waals surface area contributed by atoms with Crippen molar-refractivity contribution in [1.82, 2.24) is 9.97 Å². The summed E-state index contributed by atoms with van der Waals surface area (Å²) < 4.78 is 0. The van der Waals surface area contributed by atoms with Crippen molar-refractivity contribution in [3.05, 3.63) is 17.0 Å². The van der Waals surface area contributed by atoms with Gasteiger partial charge in [0, 0.05) is 17.6 Å². The molecule has 2 fully saturated rings. The Morgan fingerprint density at radius 1 is 1.33 bits per heavy atom. The summed E-state index contributed by atoms with van der Waals surface area (Å²) in [5, 5.41) is 10.4. The van der Waals surface area contributed by atoms with Crippen molar-refractivity contribution in [3.63, 3.8) is 0 Å². The van der Waals surface area contributed by atoms with Crippen LogP contribution in [0, 0.1) is 0 Å². The van der Waals surface area contributed by atoms with Crippen molar-refractivity contribution >= 4 is 17.4 Å². The number of rotatable bonds is 2. The molecule has 1 aromatic heterocycles. The number of hydrogen-bond donors (Lipinski definition) is 1. The van der Waals surface area contributed by atoms with Gasteiger partial charge in [-0.15, -0.1) is 0 Å². The van der Waals surface area contributed by atoms with Gasteiger partial charge in [0.25, 0.3) is 0 Å². The van der Waals surface area contributed by atoms with E-state index < -0.39 is 0 Å². The lowest BCUT2D eigenvalue weighted by molar-refractivity contribution is 0.126. The van der Waals surface area contributed by atoms with Gasteiger partial charge < -0.3 is 10.0 Å². The normalized spacial score (nSPS) is 30.8. The largest absolute Gasteiger partial charge is 0.393 e. The van der Waals surface area contributed by atoms with Crippen molar-refractivity contribution in [2.24, 2.45) is 0 Å². The van der Waals surface area contributed by atoms with E-state index in [0.29, 0.717) is 17.2 Å². The molecule has 2 saturated heterocycles. The van der Waals surface area contributed by atoms with Gasteiger partial charge in [0.2, 0.25) is 0 Å². The molecule has 0 aliphatic carbocycles. The number of halogens is 1. The molecule has 2 bridgehead atoms. The molecule has 0 spiro atoms. The van der Waals surface area contributed by atoms with Crippen LogP contribution in [-0.4, -0.2) is 33.3 Å². The van der Waals surface area contributed by atoms with Gasteiger partial charge in [0.1, 0.15) is 17.3 Å². The molecule has 1 N–H and O–H groups in total.